The van der Waals surface area contributed by atoms with E-state index in [-0.39, 0.29) is 5.78 Å². The average Bonchev–Trinajstić information content (AvgIpc) is 2.80. The van der Waals surface area contributed by atoms with Crippen molar-refractivity contribution in [2.24, 2.45) is 0 Å². The van der Waals surface area contributed by atoms with Gasteiger partial charge < -0.3 is 9.47 Å². The van der Waals surface area contributed by atoms with E-state index in [1.165, 1.54) is 0 Å². The molecule has 0 N–H and O–H groups in total. The number of ether oxygens (including phenoxy) is 2. The molecule has 0 aliphatic heterocycles. The quantitative estimate of drug-likeness (QED) is 0.733. The standard InChI is InChI=1S/C16H20O3/c1-3-4-11-19-15-10-9-14(17)16(15)12-5-7-13(18-2)8-6-12/h5-8H,3-4,9-11H2,1-2H3. The highest BCUT2D eigenvalue weighted by molar-refractivity contribution is 6.23. The minimum absolute atomic E-state index is 0.177. The van der Waals surface area contributed by atoms with Crippen molar-refractivity contribution >= 4 is 11.4 Å². The second-order valence-electron chi connectivity index (χ2n) is 4.65. The molecule has 0 amide bonds. The fourth-order valence-electron chi connectivity index (χ4n) is 2.20. The van der Waals surface area contributed by atoms with E-state index in [0.717, 1.165) is 41.9 Å². The van der Waals surface area contributed by atoms with Gasteiger partial charge in [-0.15, -0.1) is 0 Å². The smallest absolute Gasteiger partial charge is 0.167 e. The molecule has 1 aliphatic rings. The van der Waals surface area contributed by atoms with E-state index < -0.39 is 0 Å². The van der Waals surface area contributed by atoms with Crippen molar-refractivity contribution in [3.63, 3.8) is 0 Å². The monoisotopic (exact) mass is 260 g/mol. The van der Waals surface area contributed by atoms with Crippen LogP contribution in [0.25, 0.3) is 5.57 Å². The van der Waals surface area contributed by atoms with Gasteiger partial charge in [-0.05, 0) is 24.1 Å². The fourth-order valence-corrected chi connectivity index (χ4v) is 2.20. The first-order valence-corrected chi connectivity index (χ1v) is 6.79. The Kier molecular flexibility index (Phi) is 4.61. The number of carbonyl (C=O) groups excluding carboxylic acids is 1. The number of hydrogen-bond acceptors (Lipinski definition) is 3. The van der Waals surface area contributed by atoms with Crippen molar-refractivity contribution in [3.05, 3.63) is 35.6 Å². The van der Waals surface area contributed by atoms with Gasteiger partial charge in [0.05, 0.1) is 19.3 Å². The molecule has 2 rings (SSSR count). The number of unbranched alkanes of at least 4 members (excludes halogenated alkanes) is 1. The van der Waals surface area contributed by atoms with Crippen LogP contribution in [0.2, 0.25) is 0 Å². The van der Waals surface area contributed by atoms with Crippen molar-refractivity contribution in [2.75, 3.05) is 13.7 Å². The Bertz CT molecular complexity index is 471. The minimum Gasteiger partial charge on any atom is -0.497 e. The van der Waals surface area contributed by atoms with Gasteiger partial charge in [-0.2, -0.15) is 0 Å². The zero-order valence-electron chi connectivity index (χ0n) is 11.6. The summed E-state index contributed by atoms with van der Waals surface area (Å²) in [5.74, 6) is 1.82. The summed E-state index contributed by atoms with van der Waals surface area (Å²) in [5, 5.41) is 0. The molecule has 0 aromatic heterocycles. The molecule has 0 radical (unpaired) electrons. The molecule has 1 aliphatic carbocycles. The van der Waals surface area contributed by atoms with E-state index in [4.69, 9.17) is 9.47 Å². The Morgan fingerprint density at radius 1 is 1.16 bits per heavy atom. The first-order valence-electron chi connectivity index (χ1n) is 6.79. The van der Waals surface area contributed by atoms with Gasteiger partial charge in [0.25, 0.3) is 0 Å². The SMILES string of the molecule is CCCCOC1=C(c2ccc(OC)cc2)C(=O)CC1. The maximum absolute atomic E-state index is 12.0. The molecule has 19 heavy (non-hydrogen) atoms. The number of carbonyl (C=O) groups is 1. The summed E-state index contributed by atoms with van der Waals surface area (Å²) in [4.78, 5) is 12.0. The van der Waals surface area contributed by atoms with Crippen LogP contribution in [0.1, 0.15) is 38.2 Å². The molecule has 1 aromatic rings. The molecule has 3 heteroatoms. The van der Waals surface area contributed by atoms with Crippen molar-refractivity contribution in [1.82, 2.24) is 0 Å². The summed E-state index contributed by atoms with van der Waals surface area (Å²) in [6, 6.07) is 7.58. The van der Waals surface area contributed by atoms with E-state index in [1.54, 1.807) is 7.11 Å². The van der Waals surface area contributed by atoms with Crippen LogP contribution in [-0.4, -0.2) is 19.5 Å². The minimum atomic E-state index is 0.177. The Balaban J connectivity index is 2.21. The van der Waals surface area contributed by atoms with E-state index >= 15 is 0 Å². The number of Topliss-reactive ketones (excluding diaryl/α,β-unsaturated/α-hetero) is 1. The highest BCUT2D eigenvalue weighted by Gasteiger charge is 2.25. The maximum Gasteiger partial charge on any atom is 0.167 e. The van der Waals surface area contributed by atoms with Crippen LogP contribution in [0, 0.1) is 0 Å². The average molecular weight is 260 g/mol. The lowest BCUT2D eigenvalue weighted by Crippen LogP contribution is -1.99. The molecule has 0 saturated carbocycles. The number of allylic oxidation sites excluding steroid dienone is 2. The third-order valence-electron chi connectivity index (χ3n) is 3.29. The summed E-state index contributed by atoms with van der Waals surface area (Å²) in [5.41, 5.74) is 1.67. The highest BCUT2D eigenvalue weighted by atomic mass is 16.5. The predicted octanol–water partition coefficient (Wildman–Crippen LogP) is 3.59. The van der Waals surface area contributed by atoms with Crippen LogP contribution >= 0.6 is 0 Å². The molecule has 0 bridgehead atoms. The molecule has 102 valence electrons. The van der Waals surface area contributed by atoms with Gasteiger partial charge in [0.15, 0.2) is 5.78 Å². The lowest BCUT2D eigenvalue weighted by Gasteiger charge is -2.09. The number of methoxy groups -OCH3 is 1. The van der Waals surface area contributed by atoms with Crippen LogP contribution in [0.5, 0.6) is 5.75 Å². The Hall–Kier alpha value is -1.77. The Morgan fingerprint density at radius 2 is 1.89 bits per heavy atom. The third kappa shape index (κ3) is 3.16. The predicted molar refractivity (Wildman–Crippen MR) is 75.0 cm³/mol. The molecule has 0 unspecified atom stereocenters. The first kappa shape index (κ1) is 13.7. The van der Waals surface area contributed by atoms with Crippen molar-refractivity contribution in [1.29, 1.82) is 0 Å². The van der Waals surface area contributed by atoms with Crippen LogP contribution in [0.4, 0.5) is 0 Å². The maximum atomic E-state index is 12.0. The van der Waals surface area contributed by atoms with Crippen LogP contribution in [0.15, 0.2) is 30.0 Å². The van der Waals surface area contributed by atoms with Gasteiger partial charge in [-0.25, -0.2) is 0 Å². The lowest BCUT2D eigenvalue weighted by molar-refractivity contribution is -0.113. The Morgan fingerprint density at radius 3 is 2.53 bits per heavy atom. The number of benzene rings is 1. The van der Waals surface area contributed by atoms with E-state index in [2.05, 4.69) is 6.92 Å². The molecular weight excluding hydrogens is 240 g/mol. The Labute approximate surface area is 114 Å². The van der Waals surface area contributed by atoms with Crippen molar-refractivity contribution in [2.45, 2.75) is 32.6 Å². The number of ketones is 1. The van der Waals surface area contributed by atoms with Gasteiger partial charge in [-0.3, -0.25) is 4.79 Å². The molecule has 0 fully saturated rings. The molecule has 1 aromatic carbocycles. The van der Waals surface area contributed by atoms with E-state index in [0.29, 0.717) is 13.0 Å². The second-order valence-corrected chi connectivity index (χ2v) is 4.65. The second kappa shape index (κ2) is 6.41. The van der Waals surface area contributed by atoms with Crippen molar-refractivity contribution < 1.29 is 14.3 Å². The lowest BCUT2D eigenvalue weighted by atomic mass is 10.0. The van der Waals surface area contributed by atoms with Gasteiger partial charge in [0, 0.05) is 12.8 Å². The van der Waals surface area contributed by atoms with E-state index in [1.807, 2.05) is 24.3 Å². The zero-order chi connectivity index (χ0) is 13.7. The molecular formula is C16H20O3. The topological polar surface area (TPSA) is 35.5 Å². The third-order valence-corrected chi connectivity index (χ3v) is 3.29. The molecule has 0 spiro atoms. The van der Waals surface area contributed by atoms with Crippen LogP contribution in [0.3, 0.4) is 0 Å². The van der Waals surface area contributed by atoms with Gasteiger partial charge in [0.2, 0.25) is 0 Å². The van der Waals surface area contributed by atoms with Gasteiger partial charge in [-0.1, -0.05) is 25.5 Å². The summed E-state index contributed by atoms with van der Waals surface area (Å²) >= 11 is 0. The first-order chi connectivity index (χ1) is 9.26. The molecule has 0 saturated heterocycles. The fraction of sp³-hybridized carbons (Fsp3) is 0.438. The zero-order valence-corrected chi connectivity index (χ0v) is 11.6. The van der Waals surface area contributed by atoms with Gasteiger partial charge >= 0.3 is 0 Å². The van der Waals surface area contributed by atoms with Crippen molar-refractivity contribution in [3.8, 4) is 5.75 Å². The van der Waals surface area contributed by atoms with E-state index in [9.17, 15) is 4.79 Å². The normalized spacial score (nSPS) is 14.9. The number of hydrogen-bond donors (Lipinski definition) is 0. The largest absolute Gasteiger partial charge is 0.497 e. The molecule has 0 heterocycles. The summed E-state index contributed by atoms with van der Waals surface area (Å²) in [6.07, 6.45) is 3.40. The molecule has 0 atom stereocenters. The molecule has 3 nitrogen and oxygen atoms in total. The number of rotatable bonds is 6. The summed E-state index contributed by atoms with van der Waals surface area (Å²) in [7, 11) is 1.63. The highest BCUT2D eigenvalue weighted by Crippen LogP contribution is 2.32. The van der Waals surface area contributed by atoms with Gasteiger partial charge in [0.1, 0.15) is 11.5 Å². The summed E-state index contributed by atoms with van der Waals surface area (Å²) < 4.78 is 10.9. The van der Waals surface area contributed by atoms with Crippen LogP contribution in [-0.2, 0) is 9.53 Å². The summed E-state index contributed by atoms with van der Waals surface area (Å²) in [6.45, 7) is 2.82. The van der Waals surface area contributed by atoms with Crippen LogP contribution < -0.4 is 4.74 Å².